The third kappa shape index (κ3) is 3.85. The number of ether oxygens (including phenoxy) is 2. The smallest absolute Gasteiger partial charge is 0.262 e. The van der Waals surface area contributed by atoms with E-state index >= 15 is 0 Å². The van der Waals surface area contributed by atoms with E-state index in [0.717, 1.165) is 16.0 Å². The van der Waals surface area contributed by atoms with E-state index in [0.29, 0.717) is 28.3 Å². The zero-order chi connectivity index (χ0) is 22.1. The molecule has 0 bridgehead atoms. The van der Waals surface area contributed by atoms with Gasteiger partial charge in [0.25, 0.3) is 5.56 Å². The van der Waals surface area contributed by atoms with Crippen LogP contribution in [0.25, 0.3) is 20.7 Å². The summed E-state index contributed by atoms with van der Waals surface area (Å²) in [6, 6.07) is 17.3. The normalized spacial score (nSPS) is 15.0. The van der Waals surface area contributed by atoms with E-state index in [1.54, 1.807) is 0 Å². The first-order valence-corrected chi connectivity index (χ1v) is 11.1. The minimum atomic E-state index is -0.293. The molecule has 2 aromatic carbocycles. The van der Waals surface area contributed by atoms with E-state index in [1.165, 1.54) is 22.2 Å². The summed E-state index contributed by atoms with van der Waals surface area (Å²) in [5.74, 6) is 1.07. The van der Waals surface area contributed by atoms with E-state index in [4.69, 9.17) is 9.47 Å². The summed E-state index contributed by atoms with van der Waals surface area (Å²) in [6.07, 6.45) is 1.14. The van der Waals surface area contributed by atoms with Crippen LogP contribution >= 0.6 is 11.3 Å². The third-order valence-corrected chi connectivity index (χ3v) is 6.61. The monoisotopic (exact) mass is 447 g/mol. The lowest BCUT2D eigenvalue weighted by molar-refractivity contribution is -0.122. The van der Waals surface area contributed by atoms with Gasteiger partial charge < -0.3 is 14.8 Å². The molecule has 1 amide bonds. The van der Waals surface area contributed by atoms with Crippen LogP contribution in [0.1, 0.15) is 5.56 Å². The number of carbonyl (C=O) groups excluding carboxylic acids is 1. The highest BCUT2D eigenvalue weighted by atomic mass is 32.1. The molecule has 0 aliphatic carbocycles. The number of nitrogens with zero attached hydrogens (tertiary/aromatic N) is 2. The van der Waals surface area contributed by atoms with Crippen molar-refractivity contribution in [2.45, 2.75) is 19.6 Å². The average Bonchev–Trinajstić information content (AvgIpc) is 3.17. The Balaban J connectivity index is 1.29. The highest BCUT2D eigenvalue weighted by Gasteiger charge is 2.21. The maximum absolute atomic E-state index is 13.1. The number of thiophene rings is 1. The molecule has 1 N–H and O–H groups in total. The Labute approximate surface area is 188 Å². The van der Waals surface area contributed by atoms with Gasteiger partial charge in [0.1, 0.15) is 24.1 Å². The Morgan fingerprint density at radius 3 is 2.72 bits per heavy atom. The standard InChI is InChI=1S/C24H21N3O4S/c1-15-21-23(32-22(15)16-7-3-2-4-8-16)26-14-27(24(21)29)12-20(28)25-11-17-13-30-18-9-5-6-10-19(18)31-17/h2-10,14,17H,11-13H2,1H3,(H,25,28)/t17-/m1/s1. The van der Waals surface area contributed by atoms with Crippen LogP contribution in [0.2, 0.25) is 0 Å². The van der Waals surface area contributed by atoms with E-state index in [1.807, 2.05) is 61.5 Å². The Morgan fingerprint density at radius 1 is 1.16 bits per heavy atom. The van der Waals surface area contributed by atoms with Crippen LogP contribution in [0.15, 0.2) is 65.7 Å². The summed E-state index contributed by atoms with van der Waals surface area (Å²) < 4.78 is 12.9. The van der Waals surface area contributed by atoms with E-state index in [2.05, 4.69) is 10.3 Å². The van der Waals surface area contributed by atoms with Crippen molar-refractivity contribution in [3.63, 3.8) is 0 Å². The van der Waals surface area contributed by atoms with E-state index in [-0.39, 0.29) is 30.7 Å². The molecule has 8 heteroatoms. The van der Waals surface area contributed by atoms with Gasteiger partial charge in [0, 0.05) is 4.88 Å². The summed E-state index contributed by atoms with van der Waals surface area (Å²) in [6.45, 7) is 2.45. The molecule has 1 atom stereocenters. The van der Waals surface area contributed by atoms with Gasteiger partial charge in [0.05, 0.1) is 18.3 Å². The molecular formula is C24H21N3O4S. The molecule has 1 aliphatic rings. The lowest BCUT2D eigenvalue weighted by atomic mass is 10.1. The Kier molecular flexibility index (Phi) is 5.36. The maximum Gasteiger partial charge on any atom is 0.262 e. The highest BCUT2D eigenvalue weighted by Crippen LogP contribution is 2.35. The van der Waals surface area contributed by atoms with Gasteiger partial charge in [-0.2, -0.15) is 0 Å². The molecule has 7 nitrogen and oxygen atoms in total. The molecule has 5 rings (SSSR count). The number of hydrogen-bond donors (Lipinski definition) is 1. The number of nitrogens with one attached hydrogen (secondary N) is 1. The molecule has 0 spiro atoms. The van der Waals surface area contributed by atoms with E-state index in [9.17, 15) is 9.59 Å². The number of aryl methyl sites for hydroxylation is 1. The summed E-state index contributed by atoms with van der Waals surface area (Å²) >= 11 is 1.49. The zero-order valence-electron chi connectivity index (χ0n) is 17.4. The molecule has 0 radical (unpaired) electrons. The fourth-order valence-electron chi connectivity index (χ4n) is 3.74. The van der Waals surface area contributed by atoms with Crippen LogP contribution in [-0.4, -0.2) is 34.7 Å². The second-order valence-corrected chi connectivity index (χ2v) is 8.58. The van der Waals surface area contributed by atoms with Crippen LogP contribution in [-0.2, 0) is 11.3 Å². The lowest BCUT2D eigenvalue weighted by Crippen LogP contribution is -2.42. The van der Waals surface area contributed by atoms with Gasteiger partial charge in [-0.1, -0.05) is 42.5 Å². The fourth-order valence-corrected chi connectivity index (χ4v) is 4.88. The van der Waals surface area contributed by atoms with Crippen molar-refractivity contribution in [2.24, 2.45) is 0 Å². The molecule has 0 saturated carbocycles. The number of hydrogen-bond acceptors (Lipinski definition) is 6. The van der Waals surface area contributed by atoms with Crippen molar-refractivity contribution in [2.75, 3.05) is 13.2 Å². The number of amides is 1. The summed E-state index contributed by atoms with van der Waals surface area (Å²) in [5, 5.41) is 3.38. The minimum Gasteiger partial charge on any atom is -0.486 e. The minimum absolute atomic E-state index is 0.109. The Hall–Kier alpha value is -3.65. The number of aromatic nitrogens is 2. The number of carbonyl (C=O) groups is 1. The predicted octanol–water partition coefficient (Wildman–Crippen LogP) is 3.39. The molecule has 4 aromatic rings. The first-order chi connectivity index (χ1) is 15.6. The summed E-state index contributed by atoms with van der Waals surface area (Å²) in [7, 11) is 0. The van der Waals surface area contributed by atoms with Crippen molar-refractivity contribution in [3.05, 3.63) is 76.8 Å². The molecule has 0 fully saturated rings. The van der Waals surface area contributed by atoms with Gasteiger partial charge in [-0.3, -0.25) is 14.2 Å². The van der Waals surface area contributed by atoms with Crippen LogP contribution in [0.4, 0.5) is 0 Å². The number of rotatable bonds is 5. The molecular weight excluding hydrogens is 426 g/mol. The van der Waals surface area contributed by atoms with Gasteiger partial charge in [-0.15, -0.1) is 11.3 Å². The first kappa shape index (κ1) is 20.3. The van der Waals surface area contributed by atoms with Crippen molar-refractivity contribution < 1.29 is 14.3 Å². The Bertz CT molecular complexity index is 1350. The topological polar surface area (TPSA) is 82.5 Å². The fraction of sp³-hybridized carbons (Fsp3) is 0.208. The molecule has 0 saturated heterocycles. The van der Waals surface area contributed by atoms with Gasteiger partial charge in [-0.05, 0) is 30.2 Å². The predicted molar refractivity (Wildman–Crippen MR) is 123 cm³/mol. The highest BCUT2D eigenvalue weighted by molar-refractivity contribution is 7.22. The van der Waals surface area contributed by atoms with Crippen molar-refractivity contribution in [1.29, 1.82) is 0 Å². The molecule has 32 heavy (non-hydrogen) atoms. The molecule has 0 unspecified atom stereocenters. The molecule has 162 valence electrons. The molecule has 1 aliphatic heterocycles. The van der Waals surface area contributed by atoms with E-state index < -0.39 is 0 Å². The van der Waals surface area contributed by atoms with Crippen LogP contribution < -0.4 is 20.3 Å². The average molecular weight is 448 g/mol. The first-order valence-electron chi connectivity index (χ1n) is 10.3. The van der Waals surface area contributed by atoms with Crippen molar-refractivity contribution >= 4 is 27.5 Å². The van der Waals surface area contributed by atoms with Gasteiger partial charge in [0.2, 0.25) is 5.91 Å². The lowest BCUT2D eigenvalue weighted by Gasteiger charge is -2.26. The van der Waals surface area contributed by atoms with Gasteiger partial charge >= 0.3 is 0 Å². The van der Waals surface area contributed by atoms with Gasteiger partial charge in [-0.25, -0.2) is 4.98 Å². The second-order valence-electron chi connectivity index (χ2n) is 7.58. The van der Waals surface area contributed by atoms with Crippen molar-refractivity contribution in [3.8, 4) is 21.9 Å². The summed E-state index contributed by atoms with van der Waals surface area (Å²) in [5.41, 5.74) is 1.72. The number of fused-ring (bicyclic) bond motifs is 2. The van der Waals surface area contributed by atoms with Crippen LogP contribution in [0.5, 0.6) is 11.5 Å². The quantitative estimate of drug-likeness (QED) is 0.507. The SMILES string of the molecule is Cc1c(-c2ccccc2)sc2ncn(CC(=O)NC[C@@H]3COc4ccccc4O3)c(=O)c12. The number of para-hydroxylation sites is 2. The largest absolute Gasteiger partial charge is 0.486 e. The van der Waals surface area contributed by atoms with Crippen LogP contribution in [0, 0.1) is 6.92 Å². The second kappa shape index (κ2) is 8.47. The summed E-state index contributed by atoms with van der Waals surface area (Å²) in [4.78, 5) is 31.7. The van der Waals surface area contributed by atoms with Crippen LogP contribution in [0.3, 0.4) is 0 Å². The maximum atomic E-state index is 13.1. The van der Waals surface area contributed by atoms with Crippen molar-refractivity contribution in [1.82, 2.24) is 14.9 Å². The van der Waals surface area contributed by atoms with Gasteiger partial charge in [0.15, 0.2) is 11.5 Å². The molecule has 3 heterocycles. The Morgan fingerprint density at radius 2 is 1.91 bits per heavy atom. The third-order valence-electron chi connectivity index (χ3n) is 5.36. The number of benzene rings is 2. The zero-order valence-corrected chi connectivity index (χ0v) is 18.2. The molecule has 2 aromatic heterocycles.